The van der Waals surface area contributed by atoms with Crippen molar-refractivity contribution in [1.82, 2.24) is 14.9 Å². The Morgan fingerprint density at radius 1 is 1.15 bits per heavy atom. The van der Waals surface area contributed by atoms with Crippen LogP contribution in [0, 0.1) is 0 Å². The Kier molecular flexibility index (Phi) is 4.92. The summed E-state index contributed by atoms with van der Waals surface area (Å²) in [5, 5.41) is 9.97. The van der Waals surface area contributed by atoms with Crippen LogP contribution in [0.5, 0.6) is 0 Å². The molecule has 5 nitrogen and oxygen atoms in total. The number of amides is 1. The molecule has 0 fully saturated rings. The zero-order valence-corrected chi connectivity index (χ0v) is 15.0. The average molecular weight is 366 g/mol. The van der Waals surface area contributed by atoms with Gasteiger partial charge in [0.05, 0.1) is 0 Å². The summed E-state index contributed by atoms with van der Waals surface area (Å²) in [6.07, 6.45) is 0.898. The second-order valence-corrected chi connectivity index (χ2v) is 6.88. The van der Waals surface area contributed by atoms with E-state index in [1.54, 1.807) is 17.6 Å². The van der Waals surface area contributed by atoms with Gasteiger partial charge in [-0.25, -0.2) is 9.87 Å². The normalized spacial score (nSPS) is 14.3. The number of carbonyl (C=O) groups is 1. The van der Waals surface area contributed by atoms with Crippen LogP contribution < -0.4 is 5.48 Å². The SMILES string of the molecule is O=C(NO)c1ccc(Cn2c3c(c4ccccc42)CN(CC[18F])CC3)cc1. The lowest BCUT2D eigenvalue weighted by Crippen LogP contribution is -2.32. The van der Waals surface area contributed by atoms with Crippen molar-refractivity contribution in [2.24, 2.45) is 0 Å². The lowest BCUT2D eigenvalue weighted by molar-refractivity contribution is 0.0706. The van der Waals surface area contributed by atoms with E-state index in [2.05, 4.69) is 21.6 Å². The van der Waals surface area contributed by atoms with Crippen molar-refractivity contribution in [3.63, 3.8) is 0 Å². The smallest absolute Gasteiger partial charge is 0.274 e. The van der Waals surface area contributed by atoms with E-state index < -0.39 is 5.91 Å². The van der Waals surface area contributed by atoms with Crippen LogP contribution in [0.15, 0.2) is 48.5 Å². The van der Waals surface area contributed by atoms with E-state index in [-0.39, 0.29) is 6.67 Å². The third kappa shape index (κ3) is 3.34. The monoisotopic (exact) mass is 366 g/mol. The Morgan fingerprint density at radius 2 is 1.93 bits per heavy atom. The van der Waals surface area contributed by atoms with E-state index in [4.69, 9.17) is 5.21 Å². The highest BCUT2D eigenvalue weighted by atomic mass is 18.2. The molecule has 0 aliphatic carbocycles. The molecule has 0 radical (unpaired) electrons. The summed E-state index contributed by atoms with van der Waals surface area (Å²) >= 11 is 0. The Bertz CT molecular complexity index is 965. The minimum atomic E-state index is -0.515. The van der Waals surface area contributed by atoms with Gasteiger partial charge in [-0.2, -0.15) is 0 Å². The fourth-order valence-electron chi connectivity index (χ4n) is 3.96. The lowest BCUT2D eigenvalue weighted by Gasteiger charge is -2.27. The summed E-state index contributed by atoms with van der Waals surface area (Å²) in [6, 6.07) is 15.6. The molecule has 6 heteroatoms. The van der Waals surface area contributed by atoms with E-state index in [0.717, 1.165) is 25.1 Å². The van der Waals surface area contributed by atoms with Crippen LogP contribution in [-0.4, -0.2) is 40.3 Å². The van der Waals surface area contributed by atoms with E-state index in [9.17, 15) is 9.18 Å². The van der Waals surface area contributed by atoms with Crippen LogP contribution >= 0.6 is 0 Å². The third-order valence-corrected chi connectivity index (χ3v) is 5.30. The third-order valence-electron chi connectivity index (χ3n) is 5.30. The Balaban J connectivity index is 1.69. The molecule has 2 aromatic carbocycles. The molecule has 1 aliphatic rings. The number of benzene rings is 2. The molecule has 0 unspecified atom stereocenters. The second kappa shape index (κ2) is 7.50. The predicted octanol–water partition coefficient (Wildman–Crippen LogP) is 3.14. The second-order valence-electron chi connectivity index (χ2n) is 6.88. The summed E-state index contributed by atoms with van der Waals surface area (Å²) in [4.78, 5) is 13.7. The van der Waals surface area contributed by atoms with Gasteiger partial charge in [-0.3, -0.25) is 14.9 Å². The summed E-state index contributed by atoms with van der Waals surface area (Å²) in [6.45, 7) is 2.51. The Morgan fingerprint density at radius 3 is 2.67 bits per heavy atom. The molecule has 1 amide bonds. The number of fused-ring (bicyclic) bond motifs is 3. The molecule has 2 heterocycles. The number of nitrogens with zero attached hydrogens (tertiary/aromatic N) is 2. The number of aromatic nitrogens is 1. The first kappa shape index (κ1) is 17.7. The van der Waals surface area contributed by atoms with Gasteiger partial charge in [0.15, 0.2) is 0 Å². The predicted molar refractivity (Wildman–Crippen MR) is 102 cm³/mol. The van der Waals surface area contributed by atoms with Crippen molar-refractivity contribution in [2.45, 2.75) is 19.5 Å². The summed E-state index contributed by atoms with van der Waals surface area (Å²) in [7, 11) is 0. The molecule has 4 rings (SSSR count). The van der Waals surface area contributed by atoms with Crippen molar-refractivity contribution >= 4 is 16.8 Å². The van der Waals surface area contributed by atoms with E-state index in [1.807, 2.05) is 24.3 Å². The van der Waals surface area contributed by atoms with Crippen LogP contribution in [0.4, 0.5) is 4.39 Å². The molecule has 1 aliphatic heterocycles. The van der Waals surface area contributed by atoms with Gasteiger partial charge >= 0.3 is 0 Å². The van der Waals surface area contributed by atoms with Gasteiger partial charge < -0.3 is 4.57 Å². The molecule has 2 N–H and O–H groups in total. The minimum absolute atomic E-state index is 0.318. The number of halogens is 1. The van der Waals surface area contributed by atoms with Gasteiger partial charge in [-0.05, 0) is 29.3 Å². The van der Waals surface area contributed by atoms with Gasteiger partial charge in [0.25, 0.3) is 5.91 Å². The summed E-state index contributed by atoms with van der Waals surface area (Å²) in [5.74, 6) is -0.515. The maximum absolute atomic E-state index is 12.8. The van der Waals surface area contributed by atoms with Gasteiger partial charge in [-0.1, -0.05) is 30.3 Å². The molecule has 0 spiro atoms. The first-order chi connectivity index (χ1) is 13.2. The zero-order chi connectivity index (χ0) is 18.8. The average Bonchev–Trinajstić information content (AvgIpc) is 3.02. The minimum Gasteiger partial charge on any atom is -0.340 e. The fourth-order valence-corrected chi connectivity index (χ4v) is 3.96. The van der Waals surface area contributed by atoms with Crippen molar-refractivity contribution < 1.29 is 14.4 Å². The first-order valence-electron chi connectivity index (χ1n) is 9.12. The van der Waals surface area contributed by atoms with Gasteiger partial charge in [0.2, 0.25) is 0 Å². The fraction of sp³-hybridized carbons (Fsp3) is 0.286. The highest BCUT2D eigenvalue weighted by Gasteiger charge is 2.23. The molecule has 0 saturated carbocycles. The maximum Gasteiger partial charge on any atom is 0.274 e. The molecular weight excluding hydrogens is 344 g/mol. The lowest BCUT2D eigenvalue weighted by atomic mass is 10.0. The van der Waals surface area contributed by atoms with Gasteiger partial charge in [0.1, 0.15) is 6.67 Å². The van der Waals surface area contributed by atoms with Crippen molar-refractivity contribution in [1.29, 1.82) is 0 Å². The van der Waals surface area contributed by atoms with E-state index in [1.165, 1.54) is 22.2 Å². The molecule has 0 saturated heterocycles. The molecular formula is C21H22FN3O2. The first-order valence-corrected chi connectivity index (χ1v) is 9.12. The number of para-hydroxylation sites is 1. The number of hydroxylamine groups is 1. The molecule has 27 heavy (non-hydrogen) atoms. The molecule has 1 aromatic heterocycles. The van der Waals surface area contributed by atoms with Crippen LogP contribution in [0.1, 0.15) is 27.2 Å². The number of hydrogen-bond acceptors (Lipinski definition) is 3. The number of carbonyl (C=O) groups excluding carboxylic acids is 1. The van der Waals surface area contributed by atoms with Crippen LogP contribution in [-0.2, 0) is 19.5 Å². The van der Waals surface area contributed by atoms with Gasteiger partial charge in [-0.15, -0.1) is 0 Å². The number of hydrogen-bond donors (Lipinski definition) is 2. The number of rotatable bonds is 5. The van der Waals surface area contributed by atoms with Gasteiger partial charge in [0, 0.05) is 54.8 Å². The quantitative estimate of drug-likeness (QED) is 0.539. The van der Waals surface area contributed by atoms with E-state index >= 15 is 0 Å². The van der Waals surface area contributed by atoms with Crippen molar-refractivity contribution in [3.05, 3.63) is 70.9 Å². The van der Waals surface area contributed by atoms with Crippen molar-refractivity contribution in [2.75, 3.05) is 19.8 Å². The molecule has 0 atom stereocenters. The Labute approximate surface area is 157 Å². The van der Waals surface area contributed by atoms with Crippen LogP contribution in [0.3, 0.4) is 0 Å². The highest BCUT2D eigenvalue weighted by Crippen LogP contribution is 2.31. The zero-order valence-electron chi connectivity index (χ0n) is 15.0. The largest absolute Gasteiger partial charge is 0.340 e. The standard InChI is InChI=1S/C21H22FN3O2/c22-10-12-24-11-9-20-18(14-24)17-3-1-2-4-19(17)25(20)13-15-5-7-16(8-6-15)21(26)23-27/h1-8,27H,9-14H2,(H,23,26)/i22-1. The molecule has 0 bridgehead atoms. The maximum atomic E-state index is 12.8. The van der Waals surface area contributed by atoms with Crippen LogP contribution in [0.25, 0.3) is 10.9 Å². The molecule has 140 valence electrons. The molecule has 3 aromatic rings. The topological polar surface area (TPSA) is 57.5 Å². The Hall–Kier alpha value is -2.70. The van der Waals surface area contributed by atoms with E-state index in [0.29, 0.717) is 18.7 Å². The van der Waals surface area contributed by atoms with Crippen molar-refractivity contribution in [3.8, 4) is 0 Å². The highest BCUT2D eigenvalue weighted by molar-refractivity contribution is 5.93. The number of alkyl halides is 1. The summed E-state index contributed by atoms with van der Waals surface area (Å²) in [5.41, 5.74) is 6.94. The number of nitrogens with one attached hydrogen (secondary N) is 1. The summed E-state index contributed by atoms with van der Waals surface area (Å²) < 4.78 is 15.1. The van der Waals surface area contributed by atoms with Crippen LogP contribution in [0.2, 0.25) is 0 Å².